The molecule has 1 nitrogen and oxygen atoms in total. The van der Waals surface area contributed by atoms with Crippen LogP contribution < -0.4 is 0 Å². The minimum Gasteiger partial charge on any atom is -0.308 e. The molecule has 9 aromatic rings. The minimum atomic E-state index is 1.25. The fraction of sp³-hybridized carbons (Fsp3) is 0. The first-order chi connectivity index (χ1) is 19.3. The van der Waals surface area contributed by atoms with Crippen LogP contribution in [0.25, 0.3) is 81.9 Å². The quantitative estimate of drug-likeness (QED) is 0.226. The van der Waals surface area contributed by atoms with E-state index < -0.39 is 0 Å². The highest BCUT2D eigenvalue weighted by molar-refractivity contribution is 6.26. The molecule has 0 aliphatic heterocycles. The van der Waals surface area contributed by atoms with E-state index in [1.165, 1.54) is 81.9 Å². The summed E-state index contributed by atoms with van der Waals surface area (Å²) in [5.41, 5.74) is 8.86. The van der Waals surface area contributed by atoms with E-state index in [0.29, 0.717) is 0 Å². The standard InChI is InChI=1S/C38H23N/c1-3-8-24(9-4-1)26-14-16-28-20-34-32-12-7-13-33-35-21-29-17-15-27(25-10-5-2-6-11-25)19-31(29)23-37(35)39(38(32)33)36(34)22-30(28)18-26/h1-23H. The van der Waals surface area contributed by atoms with Gasteiger partial charge in [0.25, 0.3) is 0 Å². The lowest BCUT2D eigenvalue weighted by Crippen LogP contribution is -1.84. The van der Waals surface area contributed by atoms with Gasteiger partial charge in [0.2, 0.25) is 0 Å². The maximum atomic E-state index is 2.50. The van der Waals surface area contributed by atoms with Crippen molar-refractivity contribution in [3.05, 3.63) is 140 Å². The topological polar surface area (TPSA) is 4.41 Å². The molecular weight excluding hydrogens is 470 g/mol. The fourth-order valence-electron chi connectivity index (χ4n) is 6.58. The Kier molecular flexibility index (Phi) is 4.11. The Hall–Kier alpha value is -5.14. The summed E-state index contributed by atoms with van der Waals surface area (Å²) in [4.78, 5) is 0. The van der Waals surface area contributed by atoms with E-state index in [0.717, 1.165) is 0 Å². The van der Waals surface area contributed by atoms with Gasteiger partial charge in [-0.15, -0.1) is 0 Å². The fourth-order valence-corrected chi connectivity index (χ4v) is 6.58. The molecule has 0 fully saturated rings. The summed E-state index contributed by atoms with van der Waals surface area (Å²) in [6, 6.07) is 51.3. The molecule has 0 atom stereocenters. The van der Waals surface area contributed by atoms with Crippen LogP contribution in [-0.2, 0) is 0 Å². The highest BCUT2D eigenvalue weighted by Crippen LogP contribution is 2.42. The van der Waals surface area contributed by atoms with Gasteiger partial charge in [-0.1, -0.05) is 103 Å². The van der Waals surface area contributed by atoms with Crippen molar-refractivity contribution in [1.29, 1.82) is 0 Å². The minimum absolute atomic E-state index is 1.25. The molecule has 0 amide bonds. The van der Waals surface area contributed by atoms with E-state index in [-0.39, 0.29) is 0 Å². The summed E-state index contributed by atoms with van der Waals surface area (Å²) in [5, 5.41) is 10.4. The molecule has 0 spiro atoms. The maximum Gasteiger partial charge on any atom is 0.0620 e. The zero-order valence-electron chi connectivity index (χ0n) is 21.2. The van der Waals surface area contributed by atoms with Gasteiger partial charge < -0.3 is 4.40 Å². The molecule has 0 aliphatic rings. The van der Waals surface area contributed by atoms with Gasteiger partial charge in [0.1, 0.15) is 0 Å². The van der Waals surface area contributed by atoms with Crippen molar-refractivity contribution in [2.75, 3.05) is 0 Å². The van der Waals surface area contributed by atoms with Gasteiger partial charge in [0.05, 0.1) is 16.6 Å². The highest BCUT2D eigenvalue weighted by Gasteiger charge is 2.18. The molecule has 9 rings (SSSR count). The monoisotopic (exact) mass is 493 g/mol. The van der Waals surface area contributed by atoms with E-state index in [2.05, 4.69) is 144 Å². The van der Waals surface area contributed by atoms with Crippen LogP contribution in [0.2, 0.25) is 0 Å². The van der Waals surface area contributed by atoms with Crippen molar-refractivity contribution in [3.8, 4) is 22.3 Å². The summed E-state index contributed by atoms with van der Waals surface area (Å²) in [7, 11) is 0. The molecule has 1 heteroatoms. The Labute approximate surface area is 225 Å². The second kappa shape index (κ2) is 7.69. The Balaban J connectivity index is 1.37. The number of fused-ring (bicyclic) bond motifs is 8. The van der Waals surface area contributed by atoms with Crippen LogP contribution in [0.4, 0.5) is 0 Å². The largest absolute Gasteiger partial charge is 0.308 e. The van der Waals surface area contributed by atoms with Crippen molar-refractivity contribution < 1.29 is 0 Å². The van der Waals surface area contributed by atoms with Crippen LogP contribution in [0, 0.1) is 0 Å². The molecule has 0 N–H and O–H groups in total. The van der Waals surface area contributed by atoms with Crippen molar-refractivity contribution >= 4 is 59.6 Å². The molecule has 7 aromatic carbocycles. The first-order valence-electron chi connectivity index (χ1n) is 13.5. The van der Waals surface area contributed by atoms with Crippen LogP contribution in [0.5, 0.6) is 0 Å². The zero-order chi connectivity index (χ0) is 25.5. The van der Waals surface area contributed by atoms with Crippen molar-refractivity contribution in [2.24, 2.45) is 0 Å². The molecule has 180 valence electrons. The van der Waals surface area contributed by atoms with Gasteiger partial charge in [-0.25, -0.2) is 0 Å². The second-order valence-electron chi connectivity index (χ2n) is 10.6. The molecule has 0 unspecified atom stereocenters. The number of hydrogen-bond acceptors (Lipinski definition) is 0. The van der Waals surface area contributed by atoms with Crippen molar-refractivity contribution in [1.82, 2.24) is 4.40 Å². The zero-order valence-corrected chi connectivity index (χ0v) is 21.2. The van der Waals surface area contributed by atoms with Crippen LogP contribution >= 0.6 is 0 Å². The van der Waals surface area contributed by atoms with Crippen molar-refractivity contribution in [2.45, 2.75) is 0 Å². The number of aromatic nitrogens is 1. The number of para-hydroxylation sites is 1. The highest BCUT2D eigenvalue weighted by atomic mass is 14.9. The smallest absolute Gasteiger partial charge is 0.0620 e. The van der Waals surface area contributed by atoms with Crippen LogP contribution in [0.15, 0.2) is 140 Å². The summed E-state index contributed by atoms with van der Waals surface area (Å²) in [6.07, 6.45) is 0. The van der Waals surface area contributed by atoms with Crippen LogP contribution in [-0.4, -0.2) is 4.40 Å². The molecule has 0 saturated carbocycles. The lowest BCUT2D eigenvalue weighted by molar-refractivity contribution is 1.38. The Bertz CT molecular complexity index is 2200. The average molecular weight is 494 g/mol. The van der Waals surface area contributed by atoms with Crippen LogP contribution in [0.3, 0.4) is 0 Å². The molecule has 2 aromatic heterocycles. The number of hydrogen-bond donors (Lipinski definition) is 0. The van der Waals surface area contributed by atoms with Gasteiger partial charge in [-0.05, 0) is 80.2 Å². The predicted octanol–water partition coefficient (Wildman–Crippen LogP) is 10.5. The molecular formula is C38H23N. The first kappa shape index (κ1) is 20.9. The van der Waals surface area contributed by atoms with E-state index >= 15 is 0 Å². The van der Waals surface area contributed by atoms with Gasteiger partial charge in [0.15, 0.2) is 0 Å². The van der Waals surface area contributed by atoms with E-state index in [1.54, 1.807) is 0 Å². The molecule has 39 heavy (non-hydrogen) atoms. The number of rotatable bonds is 2. The van der Waals surface area contributed by atoms with Gasteiger partial charge in [-0.2, -0.15) is 0 Å². The summed E-state index contributed by atoms with van der Waals surface area (Å²) >= 11 is 0. The second-order valence-corrected chi connectivity index (χ2v) is 10.6. The summed E-state index contributed by atoms with van der Waals surface area (Å²) in [5.74, 6) is 0. The van der Waals surface area contributed by atoms with Crippen molar-refractivity contribution in [3.63, 3.8) is 0 Å². The Morgan fingerprint density at radius 1 is 0.308 bits per heavy atom. The predicted molar refractivity (Wildman–Crippen MR) is 167 cm³/mol. The third-order valence-corrected chi connectivity index (χ3v) is 8.45. The normalized spacial score (nSPS) is 12.1. The summed E-state index contributed by atoms with van der Waals surface area (Å²) < 4.78 is 2.50. The lowest BCUT2D eigenvalue weighted by atomic mass is 9.98. The molecule has 0 bridgehead atoms. The third kappa shape index (κ3) is 2.96. The Morgan fingerprint density at radius 3 is 1.28 bits per heavy atom. The molecule has 0 saturated heterocycles. The van der Waals surface area contributed by atoms with Crippen LogP contribution in [0.1, 0.15) is 0 Å². The molecule has 0 radical (unpaired) electrons. The van der Waals surface area contributed by atoms with Gasteiger partial charge in [0, 0.05) is 21.5 Å². The first-order valence-corrected chi connectivity index (χ1v) is 13.5. The third-order valence-electron chi connectivity index (χ3n) is 8.45. The number of nitrogens with zero attached hydrogens (tertiary/aromatic N) is 1. The summed E-state index contributed by atoms with van der Waals surface area (Å²) in [6.45, 7) is 0. The molecule has 2 heterocycles. The molecule has 0 aliphatic carbocycles. The van der Waals surface area contributed by atoms with E-state index in [9.17, 15) is 0 Å². The maximum absolute atomic E-state index is 2.50. The number of benzene rings is 7. The Morgan fingerprint density at radius 2 is 0.795 bits per heavy atom. The average Bonchev–Trinajstić information content (AvgIpc) is 3.50. The lowest BCUT2D eigenvalue weighted by Gasteiger charge is -2.07. The van der Waals surface area contributed by atoms with Gasteiger partial charge in [-0.3, -0.25) is 0 Å². The SMILES string of the molecule is c1ccc(-c2ccc3cc4c5cccc6c7cc8ccc(-c9ccccc9)cc8cc7n(c4cc3c2)c56)cc1. The van der Waals surface area contributed by atoms with E-state index in [1.807, 2.05) is 0 Å². The van der Waals surface area contributed by atoms with E-state index in [4.69, 9.17) is 0 Å². The van der Waals surface area contributed by atoms with Gasteiger partial charge >= 0.3 is 0 Å².